The van der Waals surface area contributed by atoms with Crippen LogP contribution in [0.1, 0.15) is 28.8 Å². The van der Waals surface area contributed by atoms with E-state index in [4.69, 9.17) is 11.6 Å². The van der Waals surface area contributed by atoms with E-state index in [1.54, 1.807) is 0 Å². The Labute approximate surface area is 120 Å². The Hall–Kier alpha value is -1.06. The summed E-state index contributed by atoms with van der Waals surface area (Å²) < 4.78 is 0. The van der Waals surface area contributed by atoms with Gasteiger partial charge in [0.1, 0.15) is 0 Å². The Morgan fingerprint density at radius 2 is 2.05 bits per heavy atom. The average molecular weight is 281 g/mol. The van der Waals surface area contributed by atoms with Crippen LogP contribution in [-0.2, 0) is 5.88 Å². The van der Waals surface area contributed by atoms with Crippen molar-refractivity contribution in [3.8, 4) is 0 Å². The fourth-order valence-corrected chi connectivity index (χ4v) is 2.79. The molecule has 1 heterocycles. The number of alkyl halides is 1. The lowest BCUT2D eigenvalue weighted by atomic mass is 10.1. The molecule has 1 aromatic carbocycles. The number of nitrogens with zero attached hydrogens (tertiary/aromatic N) is 2. The van der Waals surface area contributed by atoms with Crippen molar-refractivity contribution in [1.29, 1.82) is 0 Å². The van der Waals surface area contributed by atoms with E-state index < -0.39 is 0 Å². The molecular weight excluding hydrogens is 260 g/mol. The topological polar surface area (TPSA) is 23.6 Å². The zero-order chi connectivity index (χ0) is 13.8. The summed E-state index contributed by atoms with van der Waals surface area (Å²) in [4.78, 5) is 16.7. The summed E-state index contributed by atoms with van der Waals surface area (Å²) in [5.41, 5.74) is 1.81. The highest BCUT2D eigenvalue weighted by Crippen LogP contribution is 2.21. The van der Waals surface area contributed by atoms with Crippen LogP contribution < -0.4 is 0 Å². The van der Waals surface area contributed by atoms with Crippen molar-refractivity contribution in [1.82, 2.24) is 9.80 Å². The van der Waals surface area contributed by atoms with E-state index in [1.165, 1.54) is 0 Å². The van der Waals surface area contributed by atoms with Crippen molar-refractivity contribution in [3.63, 3.8) is 0 Å². The van der Waals surface area contributed by atoms with Crippen molar-refractivity contribution >= 4 is 17.5 Å². The highest BCUT2D eigenvalue weighted by molar-refractivity contribution is 6.17. The molecule has 3 nitrogen and oxygen atoms in total. The molecule has 0 radical (unpaired) electrons. The molecule has 0 saturated carbocycles. The number of amides is 1. The SMILES string of the molecule is CN(C)CC1CCCN1C(=O)c1ccc(CCl)cc1. The van der Waals surface area contributed by atoms with Crippen LogP contribution in [0, 0.1) is 0 Å². The summed E-state index contributed by atoms with van der Waals surface area (Å²) >= 11 is 5.77. The van der Waals surface area contributed by atoms with Gasteiger partial charge in [-0.05, 0) is 44.6 Å². The monoisotopic (exact) mass is 280 g/mol. The van der Waals surface area contributed by atoms with E-state index in [2.05, 4.69) is 19.0 Å². The number of halogens is 1. The molecule has 1 atom stereocenters. The second kappa shape index (κ2) is 6.40. The Morgan fingerprint density at radius 3 is 2.63 bits per heavy atom. The van der Waals surface area contributed by atoms with E-state index in [0.29, 0.717) is 11.9 Å². The number of rotatable bonds is 4. The Morgan fingerprint density at radius 1 is 1.37 bits per heavy atom. The van der Waals surface area contributed by atoms with Gasteiger partial charge in [0, 0.05) is 30.6 Å². The Bertz CT molecular complexity index is 430. The number of likely N-dealkylation sites (N-methyl/N-ethyl adjacent to an activating group) is 1. The van der Waals surface area contributed by atoms with Gasteiger partial charge in [0.15, 0.2) is 0 Å². The van der Waals surface area contributed by atoms with Gasteiger partial charge in [-0.15, -0.1) is 11.6 Å². The molecule has 0 spiro atoms. The zero-order valence-corrected chi connectivity index (χ0v) is 12.4. The quantitative estimate of drug-likeness (QED) is 0.792. The third kappa shape index (κ3) is 3.48. The molecule has 1 saturated heterocycles. The first kappa shape index (κ1) is 14.4. The second-order valence-corrected chi connectivity index (χ2v) is 5.65. The van der Waals surface area contributed by atoms with Crippen LogP contribution in [0.25, 0.3) is 0 Å². The number of hydrogen-bond donors (Lipinski definition) is 0. The van der Waals surface area contributed by atoms with Gasteiger partial charge in [0.2, 0.25) is 0 Å². The minimum Gasteiger partial charge on any atom is -0.334 e. The molecule has 1 amide bonds. The molecule has 0 N–H and O–H groups in total. The summed E-state index contributed by atoms with van der Waals surface area (Å²) in [6.45, 7) is 1.81. The maximum absolute atomic E-state index is 12.5. The van der Waals surface area contributed by atoms with Gasteiger partial charge < -0.3 is 9.80 Å². The minimum atomic E-state index is 0.144. The molecule has 1 aliphatic heterocycles. The number of benzene rings is 1. The van der Waals surface area contributed by atoms with Crippen LogP contribution in [0.15, 0.2) is 24.3 Å². The smallest absolute Gasteiger partial charge is 0.254 e. The second-order valence-electron chi connectivity index (χ2n) is 5.39. The Balaban J connectivity index is 2.09. The van der Waals surface area contributed by atoms with E-state index in [9.17, 15) is 4.79 Å². The largest absolute Gasteiger partial charge is 0.334 e. The maximum Gasteiger partial charge on any atom is 0.254 e. The summed E-state index contributed by atoms with van der Waals surface area (Å²) in [5.74, 6) is 0.631. The molecule has 0 bridgehead atoms. The van der Waals surface area contributed by atoms with E-state index in [0.717, 1.165) is 37.1 Å². The van der Waals surface area contributed by atoms with E-state index >= 15 is 0 Å². The first-order chi connectivity index (χ1) is 9.11. The average Bonchev–Trinajstić information content (AvgIpc) is 2.85. The summed E-state index contributed by atoms with van der Waals surface area (Å²) in [6.07, 6.45) is 2.20. The van der Waals surface area contributed by atoms with Gasteiger partial charge in [-0.1, -0.05) is 12.1 Å². The summed E-state index contributed by atoms with van der Waals surface area (Å²) in [6, 6.07) is 7.96. The van der Waals surface area contributed by atoms with Crippen LogP contribution in [-0.4, -0.2) is 48.9 Å². The molecule has 4 heteroatoms. The number of carbonyl (C=O) groups excluding carboxylic acids is 1. The maximum atomic E-state index is 12.5. The van der Waals surface area contributed by atoms with Gasteiger partial charge >= 0.3 is 0 Å². The third-order valence-corrected chi connectivity index (χ3v) is 3.88. The predicted octanol–water partition coefficient (Wildman–Crippen LogP) is 2.59. The third-order valence-electron chi connectivity index (χ3n) is 3.57. The molecular formula is C15H21ClN2O. The van der Waals surface area contributed by atoms with E-state index in [-0.39, 0.29) is 5.91 Å². The molecule has 2 rings (SSSR count). The molecule has 1 unspecified atom stereocenters. The van der Waals surface area contributed by atoms with Crippen molar-refractivity contribution < 1.29 is 4.79 Å². The van der Waals surface area contributed by atoms with Crippen LogP contribution in [0.4, 0.5) is 0 Å². The fourth-order valence-electron chi connectivity index (χ4n) is 2.62. The van der Waals surface area contributed by atoms with Crippen LogP contribution in [0.5, 0.6) is 0 Å². The highest BCUT2D eigenvalue weighted by atomic mass is 35.5. The van der Waals surface area contributed by atoms with Gasteiger partial charge in [-0.3, -0.25) is 4.79 Å². The standard InChI is InChI=1S/C15H21ClN2O/c1-17(2)11-14-4-3-9-18(14)15(19)13-7-5-12(10-16)6-8-13/h5-8,14H,3-4,9-11H2,1-2H3. The normalized spacial score (nSPS) is 19.2. The van der Waals surface area contributed by atoms with Gasteiger partial charge in [-0.25, -0.2) is 0 Å². The first-order valence-electron chi connectivity index (χ1n) is 6.72. The van der Waals surface area contributed by atoms with Gasteiger partial charge in [-0.2, -0.15) is 0 Å². The fraction of sp³-hybridized carbons (Fsp3) is 0.533. The van der Waals surface area contributed by atoms with Gasteiger partial charge in [0.25, 0.3) is 5.91 Å². The highest BCUT2D eigenvalue weighted by Gasteiger charge is 2.29. The molecule has 1 fully saturated rings. The number of hydrogen-bond acceptors (Lipinski definition) is 2. The molecule has 19 heavy (non-hydrogen) atoms. The van der Waals surface area contributed by atoms with Gasteiger partial charge in [0.05, 0.1) is 0 Å². The molecule has 104 valence electrons. The summed E-state index contributed by atoms with van der Waals surface area (Å²) in [7, 11) is 4.10. The lowest BCUT2D eigenvalue weighted by molar-refractivity contribution is 0.0716. The van der Waals surface area contributed by atoms with Crippen molar-refractivity contribution in [2.24, 2.45) is 0 Å². The van der Waals surface area contributed by atoms with Crippen molar-refractivity contribution in [2.75, 3.05) is 27.2 Å². The molecule has 1 aliphatic rings. The molecule has 1 aromatic rings. The first-order valence-corrected chi connectivity index (χ1v) is 7.26. The van der Waals surface area contributed by atoms with Crippen LogP contribution >= 0.6 is 11.6 Å². The lowest BCUT2D eigenvalue weighted by Crippen LogP contribution is -2.41. The van der Waals surface area contributed by atoms with Crippen LogP contribution in [0.3, 0.4) is 0 Å². The minimum absolute atomic E-state index is 0.144. The lowest BCUT2D eigenvalue weighted by Gasteiger charge is -2.27. The Kier molecular flexibility index (Phi) is 4.83. The number of carbonyl (C=O) groups is 1. The zero-order valence-electron chi connectivity index (χ0n) is 11.6. The summed E-state index contributed by atoms with van der Waals surface area (Å²) in [5, 5.41) is 0. The van der Waals surface area contributed by atoms with Crippen LogP contribution in [0.2, 0.25) is 0 Å². The molecule has 0 aromatic heterocycles. The molecule has 0 aliphatic carbocycles. The van der Waals surface area contributed by atoms with Crippen molar-refractivity contribution in [3.05, 3.63) is 35.4 Å². The van der Waals surface area contributed by atoms with Crippen molar-refractivity contribution in [2.45, 2.75) is 24.8 Å². The van der Waals surface area contributed by atoms with E-state index in [1.807, 2.05) is 29.2 Å². The number of likely N-dealkylation sites (tertiary alicyclic amines) is 1. The predicted molar refractivity (Wildman–Crippen MR) is 78.6 cm³/mol.